The van der Waals surface area contributed by atoms with Crippen molar-refractivity contribution >= 4 is 29.3 Å². The smallest absolute Gasteiger partial charge is 0.255 e. The van der Waals surface area contributed by atoms with Crippen LogP contribution >= 0.6 is 11.6 Å². The number of methoxy groups -OCH3 is 2. The van der Waals surface area contributed by atoms with Crippen molar-refractivity contribution in [3.05, 3.63) is 52.3 Å². The van der Waals surface area contributed by atoms with Crippen LogP contribution in [-0.4, -0.2) is 74.5 Å². The summed E-state index contributed by atoms with van der Waals surface area (Å²) in [6, 6.07) is 6.58. The highest BCUT2D eigenvalue weighted by atomic mass is 35.5. The maximum absolute atomic E-state index is 13.3. The van der Waals surface area contributed by atoms with Gasteiger partial charge < -0.3 is 29.7 Å². The number of hydrogen-bond donors (Lipinski definition) is 1. The van der Waals surface area contributed by atoms with Crippen molar-refractivity contribution in [2.45, 2.75) is 0 Å². The topological polar surface area (TPSA) is 111 Å². The minimum absolute atomic E-state index is 0.0383. The van der Waals surface area contributed by atoms with Gasteiger partial charge in [-0.15, -0.1) is 0 Å². The fraction of sp³-hybridized carbons (Fsp3) is 0.318. The fourth-order valence-electron chi connectivity index (χ4n) is 3.42. The quantitative estimate of drug-likeness (QED) is 0.649. The van der Waals surface area contributed by atoms with E-state index >= 15 is 0 Å². The summed E-state index contributed by atoms with van der Waals surface area (Å²) in [7, 11) is 2.79. The molecule has 11 heteroatoms. The molecule has 1 fully saturated rings. The van der Waals surface area contributed by atoms with E-state index in [1.807, 2.05) is 0 Å². The van der Waals surface area contributed by atoms with Gasteiger partial charge in [0, 0.05) is 31.7 Å². The second-order valence-corrected chi connectivity index (χ2v) is 7.58. The first kappa shape index (κ1) is 24.1. The van der Waals surface area contributed by atoms with Crippen LogP contribution in [0.25, 0.3) is 0 Å². The summed E-state index contributed by atoms with van der Waals surface area (Å²) >= 11 is 6.00. The van der Waals surface area contributed by atoms with Crippen molar-refractivity contribution in [2.24, 2.45) is 5.73 Å². The maximum Gasteiger partial charge on any atom is 0.255 e. The third kappa shape index (κ3) is 5.46. The van der Waals surface area contributed by atoms with Gasteiger partial charge >= 0.3 is 0 Å². The van der Waals surface area contributed by atoms with Gasteiger partial charge in [-0.3, -0.25) is 14.4 Å². The number of rotatable bonds is 7. The lowest BCUT2D eigenvalue weighted by Gasteiger charge is -2.35. The Morgan fingerprint density at radius 1 is 0.970 bits per heavy atom. The number of amides is 3. The number of halogens is 2. The van der Waals surface area contributed by atoms with E-state index in [1.165, 1.54) is 38.5 Å². The van der Waals surface area contributed by atoms with E-state index in [4.69, 9.17) is 31.5 Å². The molecule has 33 heavy (non-hydrogen) atoms. The molecule has 0 radical (unpaired) electrons. The highest BCUT2D eigenvalue weighted by molar-refractivity contribution is 6.33. The number of benzene rings is 2. The SMILES string of the molecule is COc1cc(C(=O)N2CCN(C(=O)c3ccc(F)cc3Cl)CC2)cc(OC)c1OCC(N)=O. The zero-order chi connectivity index (χ0) is 24.1. The number of ether oxygens (including phenoxy) is 3. The highest BCUT2D eigenvalue weighted by Crippen LogP contribution is 2.39. The molecule has 2 aromatic rings. The second kappa shape index (κ2) is 10.4. The van der Waals surface area contributed by atoms with Crippen LogP contribution in [0, 0.1) is 5.82 Å². The molecular formula is C22H23ClFN3O6. The van der Waals surface area contributed by atoms with Gasteiger partial charge in [0.1, 0.15) is 5.82 Å². The first-order valence-corrected chi connectivity index (χ1v) is 10.3. The minimum Gasteiger partial charge on any atom is -0.493 e. The third-order valence-electron chi connectivity index (χ3n) is 5.08. The van der Waals surface area contributed by atoms with Crippen molar-refractivity contribution in [2.75, 3.05) is 47.0 Å². The molecule has 9 nitrogen and oxygen atoms in total. The van der Waals surface area contributed by atoms with Crippen molar-refractivity contribution < 1.29 is 33.0 Å². The lowest BCUT2D eigenvalue weighted by atomic mass is 10.1. The third-order valence-corrected chi connectivity index (χ3v) is 5.39. The van der Waals surface area contributed by atoms with Crippen LogP contribution < -0.4 is 19.9 Å². The molecule has 1 heterocycles. The number of primary amides is 1. The fourth-order valence-corrected chi connectivity index (χ4v) is 3.67. The largest absolute Gasteiger partial charge is 0.493 e. The number of carbonyl (C=O) groups is 3. The van der Waals surface area contributed by atoms with E-state index in [9.17, 15) is 18.8 Å². The predicted octanol–water partition coefficient (Wildman–Crippen LogP) is 1.96. The Bertz CT molecular complexity index is 1050. The molecule has 1 aliphatic heterocycles. The molecule has 0 spiro atoms. The van der Waals surface area contributed by atoms with Crippen LogP contribution in [0.5, 0.6) is 17.2 Å². The molecule has 176 valence electrons. The zero-order valence-corrected chi connectivity index (χ0v) is 18.9. The molecule has 0 aromatic heterocycles. The zero-order valence-electron chi connectivity index (χ0n) is 18.1. The summed E-state index contributed by atoms with van der Waals surface area (Å²) in [5.41, 5.74) is 5.62. The number of nitrogens with zero attached hydrogens (tertiary/aromatic N) is 2. The van der Waals surface area contributed by atoms with E-state index in [0.717, 1.165) is 6.07 Å². The Kier molecular flexibility index (Phi) is 7.59. The van der Waals surface area contributed by atoms with Gasteiger partial charge in [0.05, 0.1) is 24.8 Å². The van der Waals surface area contributed by atoms with Gasteiger partial charge in [-0.25, -0.2) is 4.39 Å². The summed E-state index contributed by atoms with van der Waals surface area (Å²) in [5, 5.41) is 0.0383. The molecule has 0 saturated carbocycles. The molecule has 2 aromatic carbocycles. The van der Waals surface area contributed by atoms with E-state index in [2.05, 4.69) is 0 Å². The lowest BCUT2D eigenvalue weighted by molar-refractivity contribution is -0.120. The first-order chi connectivity index (χ1) is 15.7. The summed E-state index contributed by atoms with van der Waals surface area (Å²) in [5.74, 6) is -1.25. The monoisotopic (exact) mass is 479 g/mol. The number of hydrogen-bond acceptors (Lipinski definition) is 6. The molecule has 1 saturated heterocycles. The lowest BCUT2D eigenvalue weighted by Crippen LogP contribution is -2.50. The van der Waals surface area contributed by atoms with Crippen LogP contribution in [0.3, 0.4) is 0 Å². The Morgan fingerprint density at radius 2 is 1.52 bits per heavy atom. The van der Waals surface area contributed by atoms with Crippen LogP contribution in [0.4, 0.5) is 4.39 Å². The molecule has 1 aliphatic rings. The van der Waals surface area contributed by atoms with Crippen molar-refractivity contribution in [1.29, 1.82) is 0 Å². The Morgan fingerprint density at radius 3 is 2.00 bits per heavy atom. The average Bonchev–Trinajstić information content (AvgIpc) is 2.81. The summed E-state index contributed by atoms with van der Waals surface area (Å²) in [4.78, 5) is 40.0. The number of carbonyl (C=O) groups excluding carboxylic acids is 3. The Labute approximate surface area is 194 Å². The molecule has 0 aliphatic carbocycles. The van der Waals surface area contributed by atoms with Gasteiger partial charge in [-0.1, -0.05) is 11.6 Å². The van der Waals surface area contributed by atoms with Gasteiger partial charge in [-0.2, -0.15) is 0 Å². The highest BCUT2D eigenvalue weighted by Gasteiger charge is 2.28. The van der Waals surface area contributed by atoms with Crippen LogP contribution in [0.1, 0.15) is 20.7 Å². The van der Waals surface area contributed by atoms with Crippen LogP contribution in [0.2, 0.25) is 5.02 Å². The first-order valence-electron chi connectivity index (χ1n) is 9.95. The molecule has 0 atom stereocenters. The minimum atomic E-state index is -0.673. The summed E-state index contributed by atoms with van der Waals surface area (Å²) in [6.45, 7) is 0.759. The van der Waals surface area contributed by atoms with E-state index in [0.29, 0.717) is 0 Å². The standard InChI is InChI=1S/C22H23ClFN3O6/c1-31-17-9-13(10-18(32-2)20(17)33-12-19(25)28)21(29)26-5-7-27(8-6-26)22(30)15-4-3-14(24)11-16(15)23/h3-4,9-11H,5-8,12H2,1-2H3,(H2,25,28). The molecule has 0 unspecified atom stereocenters. The average molecular weight is 480 g/mol. The van der Waals surface area contributed by atoms with E-state index in [1.54, 1.807) is 9.80 Å². The van der Waals surface area contributed by atoms with Crippen molar-refractivity contribution in [3.8, 4) is 17.2 Å². The summed E-state index contributed by atoms with van der Waals surface area (Å²) in [6.07, 6.45) is 0. The van der Waals surface area contributed by atoms with Gasteiger partial charge in [-0.05, 0) is 30.3 Å². The van der Waals surface area contributed by atoms with Crippen molar-refractivity contribution in [1.82, 2.24) is 9.80 Å². The second-order valence-electron chi connectivity index (χ2n) is 7.17. The van der Waals surface area contributed by atoms with Gasteiger partial charge in [0.15, 0.2) is 18.1 Å². The number of piperazine rings is 1. The molecule has 2 N–H and O–H groups in total. The van der Waals surface area contributed by atoms with Crippen molar-refractivity contribution in [3.63, 3.8) is 0 Å². The van der Waals surface area contributed by atoms with Gasteiger partial charge in [0.25, 0.3) is 17.7 Å². The van der Waals surface area contributed by atoms with Crippen LogP contribution in [0.15, 0.2) is 30.3 Å². The number of nitrogens with two attached hydrogens (primary N) is 1. The Hall–Kier alpha value is -3.53. The van der Waals surface area contributed by atoms with Gasteiger partial charge in [0.2, 0.25) is 5.75 Å². The molecule has 3 amide bonds. The Balaban J connectivity index is 1.72. The molecule has 3 rings (SSSR count). The van der Waals surface area contributed by atoms with E-state index < -0.39 is 11.7 Å². The predicted molar refractivity (Wildman–Crippen MR) is 117 cm³/mol. The molecular weight excluding hydrogens is 457 g/mol. The normalized spacial score (nSPS) is 13.5. The molecule has 0 bridgehead atoms. The summed E-state index contributed by atoms with van der Waals surface area (Å²) < 4.78 is 29.2. The van der Waals surface area contributed by atoms with E-state index in [-0.39, 0.29) is 78.0 Å². The van der Waals surface area contributed by atoms with Crippen LogP contribution in [-0.2, 0) is 4.79 Å². The maximum atomic E-state index is 13.3.